The van der Waals surface area contributed by atoms with E-state index in [9.17, 15) is 0 Å². The standard InChI is InChI=1S/C12H15ClN2O2/c1-17-8-11(4-5-16)15-12-6-10(13)3-2-9(12)7-14/h2-3,6,11,15-16H,4-5,8H2,1H3. The minimum Gasteiger partial charge on any atom is -0.396 e. The summed E-state index contributed by atoms with van der Waals surface area (Å²) in [6.07, 6.45) is 0.547. The molecule has 1 rings (SSSR count). The molecule has 5 heteroatoms. The zero-order chi connectivity index (χ0) is 12.7. The number of halogens is 1. The van der Waals surface area contributed by atoms with E-state index in [0.29, 0.717) is 29.3 Å². The number of nitrogens with one attached hydrogen (secondary N) is 1. The van der Waals surface area contributed by atoms with E-state index in [-0.39, 0.29) is 12.6 Å². The Hall–Kier alpha value is -1.28. The van der Waals surface area contributed by atoms with Crippen molar-refractivity contribution < 1.29 is 9.84 Å². The first-order valence-corrected chi connectivity index (χ1v) is 5.65. The van der Waals surface area contributed by atoms with Crippen LogP contribution >= 0.6 is 11.6 Å². The van der Waals surface area contributed by atoms with Crippen LogP contribution in [0.15, 0.2) is 18.2 Å². The molecule has 0 fully saturated rings. The van der Waals surface area contributed by atoms with Gasteiger partial charge in [0.05, 0.1) is 23.9 Å². The zero-order valence-electron chi connectivity index (χ0n) is 9.61. The molecule has 0 aliphatic heterocycles. The van der Waals surface area contributed by atoms with Gasteiger partial charge in [-0.1, -0.05) is 11.6 Å². The molecule has 1 aromatic rings. The molecule has 1 atom stereocenters. The van der Waals surface area contributed by atoms with Crippen LogP contribution < -0.4 is 5.32 Å². The molecule has 0 aromatic heterocycles. The van der Waals surface area contributed by atoms with Gasteiger partial charge in [-0.3, -0.25) is 0 Å². The largest absolute Gasteiger partial charge is 0.396 e. The van der Waals surface area contributed by atoms with Crippen molar-refractivity contribution in [1.82, 2.24) is 0 Å². The summed E-state index contributed by atoms with van der Waals surface area (Å²) in [5, 5.41) is 21.6. The maximum absolute atomic E-state index is 8.97. The highest BCUT2D eigenvalue weighted by Crippen LogP contribution is 2.21. The average Bonchev–Trinajstić information content (AvgIpc) is 2.30. The summed E-state index contributed by atoms with van der Waals surface area (Å²) in [6, 6.07) is 7.07. The molecule has 0 amide bonds. The predicted octanol–water partition coefficient (Wildman–Crippen LogP) is 2.02. The van der Waals surface area contributed by atoms with Gasteiger partial charge in [-0.05, 0) is 24.6 Å². The molecule has 0 saturated carbocycles. The molecule has 17 heavy (non-hydrogen) atoms. The first-order chi connectivity index (χ1) is 8.21. The smallest absolute Gasteiger partial charge is 0.101 e. The van der Waals surface area contributed by atoms with Crippen molar-refractivity contribution in [1.29, 1.82) is 5.26 Å². The highest BCUT2D eigenvalue weighted by molar-refractivity contribution is 6.30. The molecule has 92 valence electrons. The topological polar surface area (TPSA) is 65.3 Å². The molecule has 0 spiro atoms. The quantitative estimate of drug-likeness (QED) is 0.815. The second-order valence-electron chi connectivity index (χ2n) is 3.61. The fraction of sp³-hybridized carbons (Fsp3) is 0.417. The third kappa shape index (κ3) is 4.23. The van der Waals surface area contributed by atoms with Gasteiger partial charge in [0.2, 0.25) is 0 Å². The van der Waals surface area contributed by atoms with Crippen LogP contribution in [0.1, 0.15) is 12.0 Å². The summed E-state index contributed by atoms with van der Waals surface area (Å²) in [4.78, 5) is 0. The number of aliphatic hydroxyl groups excluding tert-OH is 1. The Kier molecular flexibility index (Phi) is 5.78. The van der Waals surface area contributed by atoms with Crippen molar-refractivity contribution in [2.75, 3.05) is 25.6 Å². The number of nitriles is 1. The van der Waals surface area contributed by atoms with E-state index in [1.807, 2.05) is 0 Å². The fourth-order valence-corrected chi connectivity index (χ4v) is 1.68. The number of aliphatic hydroxyl groups is 1. The molecule has 0 heterocycles. The van der Waals surface area contributed by atoms with Crippen LogP contribution in [0.3, 0.4) is 0 Å². The molecule has 0 bridgehead atoms. The van der Waals surface area contributed by atoms with E-state index in [4.69, 9.17) is 26.7 Å². The Balaban J connectivity index is 2.84. The van der Waals surface area contributed by atoms with Crippen molar-refractivity contribution in [3.05, 3.63) is 28.8 Å². The number of hydrogen-bond acceptors (Lipinski definition) is 4. The van der Waals surface area contributed by atoms with E-state index in [1.165, 1.54) is 0 Å². The molecule has 1 aromatic carbocycles. The van der Waals surface area contributed by atoms with E-state index in [2.05, 4.69) is 11.4 Å². The third-order valence-corrected chi connectivity index (χ3v) is 2.54. The third-order valence-electron chi connectivity index (χ3n) is 2.31. The fourth-order valence-electron chi connectivity index (χ4n) is 1.51. The Bertz CT molecular complexity index is 398. The number of ether oxygens (including phenoxy) is 1. The van der Waals surface area contributed by atoms with Gasteiger partial charge in [0, 0.05) is 18.7 Å². The summed E-state index contributed by atoms with van der Waals surface area (Å²) in [6.45, 7) is 0.515. The van der Waals surface area contributed by atoms with Crippen molar-refractivity contribution >= 4 is 17.3 Å². The lowest BCUT2D eigenvalue weighted by Gasteiger charge is -2.19. The van der Waals surface area contributed by atoms with Gasteiger partial charge in [0.15, 0.2) is 0 Å². The normalized spacial score (nSPS) is 11.9. The van der Waals surface area contributed by atoms with Crippen LogP contribution in [0.2, 0.25) is 5.02 Å². The number of benzene rings is 1. The van der Waals surface area contributed by atoms with Crippen molar-refractivity contribution in [2.24, 2.45) is 0 Å². The molecule has 1 unspecified atom stereocenters. The van der Waals surface area contributed by atoms with E-state index in [0.717, 1.165) is 0 Å². The van der Waals surface area contributed by atoms with Crippen LogP contribution in [0, 0.1) is 11.3 Å². The summed E-state index contributed by atoms with van der Waals surface area (Å²) in [5.74, 6) is 0. The van der Waals surface area contributed by atoms with Gasteiger partial charge in [-0.25, -0.2) is 0 Å². The number of rotatable bonds is 6. The van der Waals surface area contributed by atoms with Crippen LogP contribution in [0.5, 0.6) is 0 Å². The minimum absolute atomic E-state index is 0.0458. The van der Waals surface area contributed by atoms with Gasteiger partial charge in [-0.15, -0.1) is 0 Å². The highest BCUT2D eigenvalue weighted by atomic mass is 35.5. The average molecular weight is 255 g/mol. The Labute approximate surface area is 106 Å². The van der Waals surface area contributed by atoms with Crippen molar-refractivity contribution in [3.63, 3.8) is 0 Å². The second-order valence-corrected chi connectivity index (χ2v) is 4.05. The maximum atomic E-state index is 8.97. The SMILES string of the molecule is COCC(CCO)Nc1cc(Cl)ccc1C#N. The van der Waals surface area contributed by atoms with Crippen LogP contribution in [0.25, 0.3) is 0 Å². The zero-order valence-corrected chi connectivity index (χ0v) is 10.4. The Morgan fingerprint density at radius 2 is 2.35 bits per heavy atom. The van der Waals surface area contributed by atoms with Gasteiger partial charge >= 0.3 is 0 Å². The van der Waals surface area contributed by atoms with Crippen LogP contribution in [-0.4, -0.2) is 31.5 Å². The summed E-state index contributed by atoms with van der Waals surface area (Å²) < 4.78 is 5.04. The minimum atomic E-state index is -0.0458. The van der Waals surface area contributed by atoms with Gasteiger partial charge in [0.1, 0.15) is 6.07 Å². The number of anilines is 1. The Morgan fingerprint density at radius 1 is 1.59 bits per heavy atom. The van der Waals surface area contributed by atoms with Gasteiger partial charge in [0.25, 0.3) is 0 Å². The molecule has 2 N–H and O–H groups in total. The van der Waals surface area contributed by atoms with Gasteiger partial charge < -0.3 is 15.2 Å². The lowest BCUT2D eigenvalue weighted by atomic mass is 10.1. The van der Waals surface area contributed by atoms with Crippen molar-refractivity contribution in [2.45, 2.75) is 12.5 Å². The molecule has 0 radical (unpaired) electrons. The number of hydrogen-bond donors (Lipinski definition) is 2. The lowest BCUT2D eigenvalue weighted by Crippen LogP contribution is -2.26. The monoisotopic (exact) mass is 254 g/mol. The molecule has 0 saturated heterocycles. The molecule has 4 nitrogen and oxygen atoms in total. The molecular formula is C12H15ClN2O2. The lowest BCUT2D eigenvalue weighted by molar-refractivity contribution is 0.170. The van der Waals surface area contributed by atoms with Gasteiger partial charge in [-0.2, -0.15) is 5.26 Å². The predicted molar refractivity (Wildman–Crippen MR) is 67.2 cm³/mol. The first-order valence-electron chi connectivity index (χ1n) is 5.27. The summed E-state index contributed by atoms with van der Waals surface area (Å²) in [7, 11) is 1.59. The molecular weight excluding hydrogens is 240 g/mol. The van der Waals surface area contributed by atoms with Crippen LogP contribution in [0.4, 0.5) is 5.69 Å². The Morgan fingerprint density at radius 3 is 2.94 bits per heavy atom. The molecule has 0 aliphatic rings. The second kappa shape index (κ2) is 7.13. The van der Waals surface area contributed by atoms with Crippen molar-refractivity contribution in [3.8, 4) is 6.07 Å². The summed E-state index contributed by atoms with van der Waals surface area (Å²) >= 11 is 5.88. The van der Waals surface area contributed by atoms with E-state index in [1.54, 1.807) is 25.3 Å². The first kappa shape index (κ1) is 13.8. The maximum Gasteiger partial charge on any atom is 0.101 e. The summed E-state index contributed by atoms with van der Waals surface area (Å²) in [5.41, 5.74) is 1.18. The number of nitrogens with zero attached hydrogens (tertiary/aromatic N) is 1. The van der Waals surface area contributed by atoms with Crippen LogP contribution in [-0.2, 0) is 4.74 Å². The van der Waals surface area contributed by atoms with E-state index < -0.39 is 0 Å². The number of methoxy groups -OCH3 is 1. The molecule has 0 aliphatic carbocycles. The highest BCUT2D eigenvalue weighted by Gasteiger charge is 2.10. The van der Waals surface area contributed by atoms with E-state index >= 15 is 0 Å².